The van der Waals surface area contributed by atoms with Gasteiger partial charge in [-0.15, -0.1) is 0 Å². The Kier molecular flexibility index (Phi) is 9.93. The topological polar surface area (TPSA) is 128 Å². The van der Waals surface area contributed by atoms with Crippen molar-refractivity contribution in [2.75, 3.05) is 6.61 Å². The molecule has 1 rings (SSSR count). The molecule has 3 amide bonds. The SMILES string of the molecule is CCC(C)(C)N(C(=O)C(CO)NC(=O)OC(C)(C)C)C(C(=O)NC(C)C)c1ccc(O)c(C)c1. The highest BCUT2D eigenvalue weighted by atomic mass is 16.6. The van der Waals surface area contributed by atoms with E-state index in [1.807, 2.05) is 34.6 Å². The number of hydrogen-bond donors (Lipinski definition) is 4. The van der Waals surface area contributed by atoms with Crippen molar-refractivity contribution in [3.05, 3.63) is 29.3 Å². The zero-order valence-electron chi connectivity index (χ0n) is 21.9. The number of benzene rings is 1. The Morgan fingerprint density at radius 1 is 1.09 bits per heavy atom. The van der Waals surface area contributed by atoms with E-state index < -0.39 is 47.7 Å². The van der Waals surface area contributed by atoms with Gasteiger partial charge in [0.05, 0.1) is 6.61 Å². The molecule has 2 atom stereocenters. The van der Waals surface area contributed by atoms with Crippen LogP contribution in [0.4, 0.5) is 4.79 Å². The Bertz CT molecular complexity index is 876. The number of alkyl carbamates (subject to hydrolysis) is 1. The van der Waals surface area contributed by atoms with Crippen LogP contribution in [-0.4, -0.2) is 62.9 Å². The van der Waals surface area contributed by atoms with Crippen LogP contribution in [0.3, 0.4) is 0 Å². The van der Waals surface area contributed by atoms with E-state index in [0.717, 1.165) is 0 Å². The Balaban J connectivity index is 3.58. The van der Waals surface area contributed by atoms with Crippen molar-refractivity contribution in [1.82, 2.24) is 15.5 Å². The minimum atomic E-state index is -1.33. The van der Waals surface area contributed by atoms with Crippen LogP contribution in [0.15, 0.2) is 18.2 Å². The molecule has 4 N–H and O–H groups in total. The maximum absolute atomic E-state index is 13.8. The summed E-state index contributed by atoms with van der Waals surface area (Å²) >= 11 is 0. The summed E-state index contributed by atoms with van der Waals surface area (Å²) < 4.78 is 5.25. The molecule has 192 valence electrons. The third kappa shape index (κ3) is 7.90. The molecule has 1 aromatic carbocycles. The predicted octanol–water partition coefficient (Wildman–Crippen LogP) is 3.17. The predicted molar refractivity (Wildman–Crippen MR) is 130 cm³/mol. The van der Waals surface area contributed by atoms with Crippen LogP contribution in [0.25, 0.3) is 0 Å². The van der Waals surface area contributed by atoms with Gasteiger partial charge in [0.15, 0.2) is 0 Å². The van der Waals surface area contributed by atoms with Crippen LogP contribution in [0.2, 0.25) is 0 Å². The average Bonchev–Trinajstić information content (AvgIpc) is 2.69. The van der Waals surface area contributed by atoms with Gasteiger partial charge >= 0.3 is 6.09 Å². The van der Waals surface area contributed by atoms with Crippen LogP contribution in [0.1, 0.15) is 79.0 Å². The number of phenols is 1. The number of aliphatic hydroxyl groups excluding tert-OH is 1. The summed E-state index contributed by atoms with van der Waals surface area (Å²) in [5, 5.41) is 25.3. The Morgan fingerprint density at radius 3 is 2.12 bits per heavy atom. The van der Waals surface area contributed by atoms with E-state index in [2.05, 4.69) is 10.6 Å². The molecule has 0 heterocycles. The third-order valence-electron chi connectivity index (χ3n) is 5.40. The number of aryl methyl sites for hydroxylation is 1. The van der Waals surface area contributed by atoms with E-state index >= 15 is 0 Å². The molecule has 9 nitrogen and oxygen atoms in total. The average molecular weight is 480 g/mol. The van der Waals surface area contributed by atoms with Gasteiger partial charge in [-0.05, 0) is 85.1 Å². The number of hydrogen-bond acceptors (Lipinski definition) is 6. The maximum atomic E-state index is 13.8. The third-order valence-corrected chi connectivity index (χ3v) is 5.40. The molecule has 0 bridgehead atoms. The summed E-state index contributed by atoms with van der Waals surface area (Å²) in [6.45, 7) is 15.2. The van der Waals surface area contributed by atoms with Gasteiger partial charge in [-0.25, -0.2) is 4.79 Å². The number of amides is 3. The quantitative estimate of drug-likeness (QED) is 0.431. The normalized spacial score (nSPS) is 13.7. The fourth-order valence-electron chi connectivity index (χ4n) is 3.38. The van der Waals surface area contributed by atoms with Crippen molar-refractivity contribution in [3.8, 4) is 5.75 Å². The monoisotopic (exact) mass is 479 g/mol. The first-order valence-electron chi connectivity index (χ1n) is 11.6. The molecule has 2 unspecified atom stereocenters. The fourth-order valence-corrected chi connectivity index (χ4v) is 3.38. The summed E-state index contributed by atoms with van der Waals surface area (Å²) in [4.78, 5) is 41.0. The van der Waals surface area contributed by atoms with Gasteiger partial charge in [-0.3, -0.25) is 9.59 Å². The molecule has 34 heavy (non-hydrogen) atoms. The molecular formula is C25H41N3O6. The summed E-state index contributed by atoms with van der Waals surface area (Å²) in [6.07, 6.45) is -0.357. The first-order chi connectivity index (χ1) is 15.5. The molecule has 1 aromatic rings. The number of phenolic OH excluding ortho intramolecular Hbond substituents is 1. The van der Waals surface area contributed by atoms with E-state index in [0.29, 0.717) is 17.5 Å². The zero-order valence-corrected chi connectivity index (χ0v) is 21.9. The highest BCUT2D eigenvalue weighted by Gasteiger charge is 2.43. The molecule has 0 aliphatic carbocycles. The number of aromatic hydroxyl groups is 1. The minimum absolute atomic E-state index is 0.0687. The highest BCUT2D eigenvalue weighted by Crippen LogP contribution is 2.33. The standard InChI is InChI=1S/C25H41N3O6/c1-10-25(8,9)28(22(32)18(14-29)27-23(33)34-24(5,6)7)20(21(31)26-15(2)3)17-11-12-19(30)16(4)13-17/h11-13,15,18,20,29-30H,10,14H2,1-9H3,(H,26,31)(H,27,33). The smallest absolute Gasteiger partial charge is 0.408 e. The number of rotatable bonds is 9. The van der Waals surface area contributed by atoms with Gasteiger partial charge in [-0.1, -0.05) is 13.0 Å². The van der Waals surface area contributed by atoms with Gasteiger partial charge in [0.25, 0.3) is 0 Å². The van der Waals surface area contributed by atoms with Gasteiger partial charge in [0.1, 0.15) is 23.4 Å². The molecule has 9 heteroatoms. The van der Waals surface area contributed by atoms with Crippen molar-refractivity contribution in [2.24, 2.45) is 0 Å². The first-order valence-corrected chi connectivity index (χ1v) is 11.6. The molecule has 0 fully saturated rings. The van der Waals surface area contributed by atoms with E-state index in [1.54, 1.807) is 39.8 Å². The van der Waals surface area contributed by atoms with E-state index in [9.17, 15) is 24.6 Å². The summed E-state index contributed by atoms with van der Waals surface area (Å²) in [5.74, 6) is -0.974. The van der Waals surface area contributed by atoms with Gasteiger partial charge in [0, 0.05) is 11.6 Å². The molecule has 0 saturated carbocycles. The van der Waals surface area contributed by atoms with E-state index in [-0.39, 0.29) is 11.8 Å². The number of nitrogens with one attached hydrogen (secondary N) is 2. The van der Waals surface area contributed by atoms with Crippen molar-refractivity contribution in [3.63, 3.8) is 0 Å². The lowest BCUT2D eigenvalue weighted by atomic mass is 9.91. The van der Waals surface area contributed by atoms with Crippen LogP contribution in [0, 0.1) is 6.92 Å². The first kappa shape index (κ1) is 29.2. The summed E-state index contributed by atoms with van der Waals surface area (Å²) in [5.41, 5.74) is -0.576. The van der Waals surface area contributed by atoms with Crippen molar-refractivity contribution in [2.45, 2.75) is 98.0 Å². The molecule has 0 aliphatic heterocycles. The molecule has 0 spiro atoms. The van der Waals surface area contributed by atoms with E-state index in [1.165, 1.54) is 11.0 Å². The Morgan fingerprint density at radius 2 is 1.68 bits per heavy atom. The van der Waals surface area contributed by atoms with Crippen LogP contribution >= 0.6 is 0 Å². The number of ether oxygens (including phenoxy) is 1. The van der Waals surface area contributed by atoms with Crippen molar-refractivity contribution in [1.29, 1.82) is 0 Å². The largest absolute Gasteiger partial charge is 0.508 e. The van der Waals surface area contributed by atoms with Crippen LogP contribution in [-0.2, 0) is 14.3 Å². The second-order valence-corrected chi connectivity index (χ2v) is 10.4. The van der Waals surface area contributed by atoms with Gasteiger partial charge in [-0.2, -0.15) is 0 Å². The molecule has 0 saturated heterocycles. The number of aliphatic hydroxyl groups is 1. The lowest BCUT2D eigenvalue weighted by Gasteiger charge is -2.44. The van der Waals surface area contributed by atoms with Crippen molar-refractivity contribution >= 4 is 17.9 Å². The maximum Gasteiger partial charge on any atom is 0.408 e. The summed E-state index contributed by atoms with van der Waals surface area (Å²) in [7, 11) is 0. The molecule has 0 aliphatic rings. The van der Waals surface area contributed by atoms with Gasteiger partial charge in [0.2, 0.25) is 11.8 Å². The fraction of sp³-hybridized carbons (Fsp3) is 0.640. The number of carbonyl (C=O) groups excluding carboxylic acids is 3. The lowest BCUT2D eigenvalue weighted by molar-refractivity contribution is -0.150. The molecule has 0 radical (unpaired) electrons. The second-order valence-electron chi connectivity index (χ2n) is 10.4. The lowest BCUT2D eigenvalue weighted by Crippen LogP contribution is -2.60. The number of nitrogens with zero attached hydrogens (tertiary/aromatic N) is 1. The van der Waals surface area contributed by atoms with E-state index in [4.69, 9.17) is 4.74 Å². The summed E-state index contributed by atoms with van der Waals surface area (Å²) in [6, 6.07) is 2.13. The number of carbonyl (C=O) groups is 3. The van der Waals surface area contributed by atoms with Crippen molar-refractivity contribution < 1.29 is 29.3 Å². The minimum Gasteiger partial charge on any atom is -0.508 e. The second kappa shape index (κ2) is 11.6. The molecule has 0 aromatic heterocycles. The highest BCUT2D eigenvalue weighted by molar-refractivity contribution is 5.93. The molecular weight excluding hydrogens is 438 g/mol. The van der Waals surface area contributed by atoms with Gasteiger partial charge < -0.3 is 30.5 Å². The zero-order chi connectivity index (χ0) is 26.4. The van der Waals surface area contributed by atoms with Crippen LogP contribution < -0.4 is 10.6 Å². The Labute approximate surface area is 202 Å². The Hall–Kier alpha value is -2.81. The van der Waals surface area contributed by atoms with Crippen LogP contribution in [0.5, 0.6) is 5.75 Å².